The van der Waals surface area contributed by atoms with E-state index in [-0.39, 0.29) is 5.84 Å². The zero-order valence-corrected chi connectivity index (χ0v) is 12.2. The molecule has 19 heavy (non-hydrogen) atoms. The molecule has 5 heteroatoms. The van der Waals surface area contributed by atoms with Gasteiger partial charge in [0.25, 0.3) is 0 Å². The van der Waals surface area contributed by atoms with Crippen molar-refractivity contribution in [2.24, 2.45) is 5.73 Å². The SMILES string of the molecule is Cc1cc(C)c(C(=N)N)c(N2CCN(C)CC2C)n1. The number of pyridine rings is 1. The van der Waals surface area contributed by atoms with Crippen molar-refractivity contribution in [1.29, 1.82) is 5.41 Å². The van der Waals surface area contributed by atoms with Gasteiger partial charge in [0.15, 0.2) is 0 Å². The molecule has 2 heterocycles. The molecule has 0 bridgehead atoms. The van der Waals surface area contributed by atoms with Crippen LogP contribution in [0.2, 0.25) is 0 Å². The van der Waals surface area contributed by atoms with Gasteiger partial charge in [0, 0.05) is 31.4 Å². The van der Waals surface area contributed by atoms with Gasteiger partial charge in [-0.1, -0.05) is 0 Å². The van der Waals surface area contributed by atoms with Crippen LogP contribution in [0.5, 0.6) is 0 Å². The summed E-state index contributed by atoms with van der Waals surface area (Å²) in [6, 6.07) is 2.37. The second kappa shape index (κ2) is 5.17. The maximum atomic E-state index is 7.81. The Morgan fingerprint density at radius 1 is 1.42 bits per heavy atom. The number of amidine groups is 1. The Bertz CT molecular complexity index is 497. The third-order valence-corrected chi connectivity index (χ3v) is 3.70. The van der Waals surface area contributed by atoms with Crippen molar-refractivity contribution >= 4 is 11.7 Å². The number of nitrogens with zero attached hydrogens (tertiary/aromatic N) is 3. The molecule has 0 amide bonds. The molecule has 0 saturated carbocycles. The average Bonchev–Trinajstić information content (AvgIpc) is 2.26. The smallest absolute Gasteiger partial charge is 0.140 e. The first-order valence-electron chi connectivity index (χ1n) is 6.68. The first-order chi connectivity index (χ1) is 8.90. The highest BCUT2D eigenvalue weighted by molar-refractivity contribution is 6.01. The van der Waals surface area contributed by atoms with Gasteiger partial charge in [-0.2, -0.15) is 0 Å². The third kappa shape index (κ3) is 2.71. The second-order valence-corrected chi connectivity index (χ2v) is 5.50. The predicted molar refractivity (Wildman–Crippen MR) is 79.0 cm³/mol. The molecule has 0 aliphatic carbocycles. The number of likely N-dealkylation sites (N-methyl/N-ethyl adjacent to an activating group) is 1. The Hall–Kier alpha value is -1.62. The number of anilines is 1. The van der Waals surface area contributed by atoms with Crippen LogP contribution in [-0.2, 0) is 0 Å². The van der Waals surface area contributed by atoms with Crippen LogP contribution in [0, 0.1) is 19.3 Å². The van der Waals surface area contributed by atoms with Gasteiger partial charge in [0.05, 0.1) is 5.56 Å². The molecule has 104 valence electrons. The van der Waals surface area contributed by atoms with Crippen molar-refractivity contribution in [3.63, 3.8) is 0 Å². The Kier molecular flexibility index (Phi) is 3.75. The molecule has 1 aromatic heterocycles. The Morgan fingerprint density at radius 2 is 2.11 bits per heavy atom. The van der Waals surface area contributed by atoms with Crippen molar-refractivity contribution in [1.82, 2.24) is 9.88 Å². The van der Waals surface area contributed by atoms with Crippen LogP contribution >= 0.6 is 0 Å². The largest absolute Gasteiger partial charge is 0.384 e. The Balaban J connectivity index is 2.46. The van der Waals surface area contributed by atoms with E-state index in [1.807, 2.05) is 19.9 Å². The van der Waals surface area contributed by atoms with E-state index in [9.17, 15) is 0 Å². The van der Waals surface area contributed by atoms with Crippen molar-refractivity contribution in [2.45, 2.75) is 26.8 Å². The van der Waals surface area contributed by atoms with E-state index in [4.69, 9.17) is 11.1 Å². The van der Waals surface area contributed by atoms with Crippen LogP contribution in [0.25, 0.3) is 0 Å². The average molecular weight is 261 g/mol. The molecule has 0 spiro atoms. The summed E-state index contributed by atoms with van der Waals surface area (Å²) in [6.07, 6.45) is 0. The molecule has 1 saturated heterocycles. The fourth-order valence-corrected chi connectivity index (χ4v) is 2.81. The van der Waals surface area contributed by atoms with E-state index < -0.39 is 0 Å². The molecular weight excluding hydrogens is 238 g/mol. The molecule has 1 aliphatic heterocycles. The standard InChI is InChI=1S/C14H23N5/c1-9-7-10(2)17-14(12(9)13(15)16)19-6-5-18(4)8-11(19)3/h7,11H,5-6,8H2,1-4H3,(H3,15,16). The highest BCUT2D eigenvalue weighted by atomic mass is 15.3. The maximum Gasteiger partial charge on any atom is 0.140 e. The van der Waals surface area contributed by atoms with Crippen LogP contribution < -0.4 is 10.6 Å². The summed E-state index contributed by atoms with van der Waals surface area (Å²) in [5.74, 6) is 0.969. The number of rotatable bonds is 2. The van der Waals surface area contributed by atoms with Gasteiger partial charge in [-0.05, 0) is 39.4 Å². The van der Waals surface area contributed by atoms with Gasteiger partial charge in [-0.3, -0.25) is 5.41 Å². The molecule has 1 aromatic rings. The zero-order chi connectivity index (χ0) is 14.2. The van der Waals surface area contributed by atoms with E-state index in [2.05, 4.69) is 28.8 Å². The minimum absolute atomic E-state index is 0.103. The van der Waals surface area contributed by atoms with Gasteiger partial charge >= 0.3 is 0 Å². The van der Waals surface area contributed by atoms with Crippen molar-refractivity contribution in [2.75, 3.05) is 31.6 Å². The summed E-state index contributed by atoms with van der Waals surface area (Å²) in [4.78, 5) is 9.23. The first-order valence-corrected chi connectivity index (χ1v) is 6.68. The van der Waals surface area contributed by atoms with E-state index in [1.54, 1.807) is 0 Å². The van der Waals surface area contributed by atoms with E-state index >= 15 is 0 Å². The molecule has 5 nitrogen and oxygen atoms in total. The lowest BCUT2D eigenvalue weighted by Crippen LogP contribution is -2.51. The van der Waals surface area contributed by atoms with Gasteiger partial charge in [-0.15, -0.1) is 0 Å². The summed E-state index contributed by atoms with van der Waals surface area (Å²) in [5, 5.41) is 7.81. The summed E-state index contributed by atoms with van der Waals surface area (Å²) < 4.78 is 0. The van der Waals surface area contributed by atoms with Crippen LogP contribution in [0.15, 0.2) is 6.07 Å². The minimum atomic E-state index is 0.103. The highest BCUT2D eigenvalue weighted by Crippen LogP contribution is 2.25. The molecular formula is C14H23N5. The van der Waals surface area contributed by atoms with Crippen LogP contribution in [0.3, 0.4) is 0 Å². The van der Waals surface area contributed by atoms with Crippen LogP contribution in [-0.4, -0.2) is 48.4 Å². The van der Waals surface area contributed by atoms with Crippen molar-refractivity contribution < 1.29 is 0 Å². The lowest BCUT2D eigenvalue weighted by atomic mass is 10.1. The quantitative estimate of drug-likeness (QED) is 0.618. The van der Waals surface area contributed by atoms with E-state index in [0.29, 0.717) is 6.04 Å². The van der Waals surface area contributed by atoms with Crippen LogP contribution in [0.1, 0.15) is 23.7 Å². The van der Waals surface area contributed by atoms with Gasteiger partial charge in [0.1, 0.15) is 11.7 Å². The molecule has 1 unspecified atom stereocenters. The molecule has 1 aliphatic rings. The Labute approximate surface area is 114 Å². The number of aryl methyl sites for hydroxylation is 2. The summed E-state index contributed by atoms with van der Waals surface area (Å²) in [5.41, 5.74) is 8.54. The maximum absolute atomic E-state index is 7.81. The predicted octanol–water partition coefficient (Wildman–Crippen LogP) is 1.12. The summed E-state index contributed by atoms with van der Waals surface area (Å²) >= 11 is 0. The third-order valence-electron chi connectivity index (χ3n) is 3.70. The number of hydrogen-bond donors (Lipinski definition) is 2. The molecule has 1 atom stereocenters. The number of aromatic nitrogens is 1. The number of piperazine rings is 1. The second-order valence-electron chi connectivity index (χ2n) is 5.50. The first kappa shape index (κ1) is 13.8. The monoisotopic (exact) mass is 261 g/mol. The van der Waals surface area contributed by atoms with Gasteiger partial charge in [0.2, 0.25) is 0 Å². The minimum Gasteiger partial charge on any atom is -0.384 e. The van der Waals surface area contributed by atoms with Crippen LogP contribution in [0.4, 0.5) is 5.82 Å². The zero-order valence-electron chi connectivity index (χ0n) is 12.2. The molecule has 0 aromatic carbocycles. The van der Waals surface area contributed by atoms with E-state index in [1.165, 1.54) is 0 Å². The number of nitrogen functional groups attached to an aromatic ring is 1. The Morgan fingerprint density at radius 3 is 2.68 bits per heavy atom. The molecule has 0 radical (unpaired) electrons. The summed E-state index contributed by atoms with van der Waals surface area (Å²) in [7, 11) is 2.13. The highest BCUT2D eigenvalue weighted by Gasteiger charge is 2.26. The van der Waals surface area contributed by atoms with E-state index in [0.717, 1.165) is 42.3 Å². The van der Waals surface area contributed by atoms with Crippen molar-refractivity contribution in [3.05, 3.63) is 22.9 Å². The fourth-order valence-electron chi connectivity index (χ4n) is 2.81. The topological polar surface area (TPSA) is 69.2 Å². The summed E-state index contributed by atoms with van der Waals surface area (Å²) in [6.45, 7) is 9.12. The number of hydrogen-bond acceptors (Lipinski definition) is 4. The fraction of sp³-hybridized carbons (Fsp3) is 0.571. The van der Waals surface area contributed by atoms with Gasteiger partial charge < -0.3 is 15.5 Å². The van der Waals surface area contributed by atoms with Gasteiger partial charge in [-0.25, -0.2) is 4.98 Å². The lowest BCUT2D eigenvalue weighted by Gasteiger charge is -2.40. The number of nitrogens with two attached hydrogens (primary N) is 1. The molecule has 3 N–H and O–H groups in total. The normalized spacial score (nSPS) is 20.6. The molecule has 1 fully saturated rings. The molecule has 2 rings (SSSR count). The lowest BCUT2D eigenvalue weighted by molar-refractivity contribution is 0.274. The van der Waals surface area contributed by atoms with Crippen molar-refractivity contribution in [3.8, 4) is 0 Å². The number of nitrogens with one attached hydrogen (secondary N) is 1.